The number of sulfonamides is 1. The van der Waals surface area contributed by atoms with Crippen molar-refractivity contribution in [3.8, 4) is 5.75 Å². The van der Waals surface area contributed by atoms with Gasteiger partial charge in [0.2, 0.25) is 0 Å². The molecule has 0 atom stereocenters. The molecule has 0 aliphatic carbocycles. The van der Waals surface area contributed by atoms with Crippen molar-refractivity contribution in [2.75, 3.05) is 11.8 Å². The number of halogens is 1. The number of hydrogen-bond donors (Lipinski definition) is 2. The number of nitrogens with zero attached hydrogens (tertiary/aromatic N) is 1. The minimum Gasteiger partial charge on any atom is -0.495 e. The summed E-state index contributed by atoms with van der Waals surface area (Å²) in [6.07, 6.45) is 1.45. The van der Waals surface area contributed by atoms with Gasteiger partial charge < -0.3 is 9.84 Å². The molecule has 0 fully saturated rings. The number of ether oxygens (including phenoxy) is 1. The number of fused-ring (bicyclic) bond motifs is 1. The van der Waals surface area contributed by atoms with Crippen LogP contribution in [0.15, 0.2) is 58.0 Å². The third-order valence-corrected chi connectivity index (χ3v) is 5.49. The monoisotopic (exact) mass is 422 g/mol. The minimum atomic E-state index is -3.86. The van der Waals surface area contributed by atoms with Crippen molar-refractivity contribution in [3.63, 3.8) is 0 Å². The van der Waals surface area contributed by atoms with Crippen LogP contribution < -0.4 is 9.46 Å². The van der Waals surface area contributed by atoms with Crippen molar-refractivity contribution in [3.05, 3.63) is 58.7 Å². The maximum absolute atomic E-state index is 12.7. The number of aliphatic hydroxyl groups excluding tert-OH is 1. The highest BCUT2D eigenvalue weighted by atomic mass is 79.9. The molecule has 3 aromatic rings. The number of hydrogen-bond acceptors (Lipinski definition) is 5. The van der Waals surface area contributed by atoms with Crippen molar-refractivity contribution in [1.29, 1.82) is 0 Å². The molecule has 130 valence electrons. The van der Waals surface area contributed by atoms with E-state index in [9.17, 15) is 13.5 Å². The minimum absolute atomic E-state index is 0.0218. The Morgan fingerprint density at radius 2 is 2.00 bits per heavy atom. The van der Waals surface area contributed by atoms with E-state index < -0.39 is 10.0 Å². The van der Waals surface area contributed by atoms with E-state index in [1.54, 1.807) is 36.4 Å². The molecule has 0 radical (unpaired) electrons. The van der Waals surface area contributed by atoms with Crippen molar-refractivity contribution in [2.45, 2.75) is 11.5 Å². The predicted molar refractivity (Wildman–Crippen MR) is 99.2 cm³/mol. The number of benzene rings is 2. The lowest BCUT2D eigenvalue weighted by Gasteiger charge is -2.12. The van der Waals surface area contributed by atoms with E-state index in [1.165, 1.54) is 19.4 Å². The van der Waals surface area contributed by atoms with Crippen LogP contribution in [-0.4, -0.2) is 25.6 Å². The van der Waals surface area contributed by atoms with Gasteiger partial charge in [0.15, 0.2) is 0 Å². The topological polar surface area (TPSA) is 88.5 Å². The van der Waals surface area contributed by atoms with Gasteiger partial charge in [0, 0.05) is 9.86 Å². The van der Waals surface area contributed by atoms with E-state index in [1.807, 2.05) is 0 Å². The Morgan fingerprint density at radius 3 is 2.72 bits per heavy atom. The largest absolute Gasteiger partial charge is 0.495 e. The molecule has 2 aromatic carbocycles. The molecule has 1 aromatic heterocycles. The van der Waals surface area contributed by atoms with Crippen LogP contribution in [0.5, 0.6) is 5.75 Å². The van der Waals surface area contributed by atoms with Crippen molar-refractivity contribution >= 4 is 42.5 Å². The van der Waals surface area contributed by atoms with Crippen LogP contribution in [0.3, 0.4) is 0 Å². The van der Waals surface area contributed by atoms with E-state index in [2.05, 4.69) is 25.6 Å². The summed E-state index contributed by atoms with van der Waals surface area (Å²) in [5.74, 6) is 0.243. The number of anilines is 1. The number of aromatic nitrogens is 1. The Kier molecular flexibility index (Phi) is 4.94. The first-order chi connectivity index (χ1) is 11.9. The van der Waals surface area contributed by atoms with Gasteiger partial charge in [0.1, 0.15) is 10.6 Å². The highest BCUT2D eigenvalue weighted by Crippen LogP contribution is 2.29. The number of aliphatic hydroxyl groups is 1. The molecule has 8 heteroatoms. The second-order valence-corrected chi connectivity index (χ2v) is 7.88. The summed E-state index contributed by atoms with van der Waals surface area (Å²) in [6, 6.07) is 11.7. The molecule has 6 nitrogen and oxygen atoms in total. The maximum Gasteiger partial charge on any atom is 0.265 e. The van der Waals surface area contributed by atoms with Gasteiger partial charge in [-0.1, -0.05) is 22.0 Å². The quantitative estimate of drug-likeness (QED) is 0.658. The summed E-state index contributed by atoms with van der Waals surface area (Å²) >= 11 is 3.27. The van der Waals surface area contributed by atoms with Crippen LogP contribution >= 0.6 is 15.9 Å². The van der Waals surface area contributed by atoms with E-state index in [0.717, 1.165) is 10.9 Å². The second kappa shape index (κ2) is 6.99. The first-order valence-electron chi connectivity index (χ1n) is 7.29. The first kappa shape index (κ1) is 17.7. The van der Waals surface area contributed by atoms with Crippen LogP contribution in [0.4, 0.5) is 5.69 Å². The number of rotatable bonds is 5. The molecule has 0 aliphatic rings. The molecular formula is C17H15BrN2O4S. The van der Waals surface area contributed by atoms with E-state index in [0.29, 0.717) is 15.7 Å². The zero-order valence-electron chi connectivity index (χ0n) is 13.2. The Labute approximate surface area is 153 Å². The molecule has 1 heterocycles. The van der Waals surface area contributed by atoms with Gasteiger partial charge in [-0.05, 0) is 42.0 Å². The second-order valence-electron chi connectivity index (χ2n) is 5.31. The van der Waals surface area contributed by atoms with Gasteiger partial charge in [0.25, 0.3) is 10.0 Å². The molecule has 0 amide bonds. The average Bonchev–Trinajstić information content (AvgIpc) is 2.60. The lowest BCUT2D eigenvalue weighted by atomic mass is 10.1. The van der Waals surface area contributed by atoms with Gasteiger partial charge in [-0.25, -0.2) is 8.42 Å². The molecule has 0 bridgehead atoms. The van der Waals surface area contributed by atoms with Crippen LogP contribution in [-0.2, 0) is 16.6 Å². The highest BCUT2D eigenvalue weighted by Gasteiger charge is 2.20. The Bertz CT molecular complexity index is 1040. The Hall–Kier alpha value is -2.16. The van der Waals surface area contributed by atoms with Gasteiger partial charge >= 0.3 is 0 Å². The smallest absolute Gasteiger partial charge is 0.265 e. The molecule has 0 aliphatic heterocycles. The maximum atomic E-state index is 12.7. The molecule has 3 rings (SSSR count). The lowest BCUT2D eigenvalue weighted by molar-refractivity contribution is 0.282. The molecule has 0 spiro atoms. The third kappa shape index (κ3) is 3.76. The summed E-state index contributed by atoms with van der Waals surface area (Å²) in [5, 5.41) is 9.96. The fraction of sp³-hybridized carbons (Fsp3) is 0.118. The van der Waals surface area contributed by atoms with Gasteiger partial charge in [-0.2, -0.15) is 0 Å². The van der Waals surface area contributed by atoms with Crippen LogP contribution in [0.2, 0.25) is 0 Å². The van der Waals surface area contributed by atoms with Crippen LogP contribution in [0.1, 0.15) is 5.56 Å². The normalized spacial score (nSPS) is 11.5. The molecule has 25 heavy (non-hydrogen) atoms. The molecular weight excluding hydrogens is 408 g/mol. The van der Waals surface area contributed by atoms with Crippen molar-refractivity contribution < 1.29 is 18.3 Å². The summed E-state index contributed by atoms with van der Waals surface area (Å²) < 4.78 is 33.7. The molecule has 0 unspecified atom stereocenters. The fourth-order valence-electron chi connectivity index (χ4n) is 2.41. The molecule has 0 saturated heterocycles. The van der Waals surface area contributed by atoms with Gasteiger partial charge in [0.05, 0.1) is 31.1 Å². The Balaban J connectivity index is 2.01. The zero-order valence-corrected chi connectivity index (χ0v) is 15.6. The molecule has 0 saturated carbocycles. The number of methoxy groups -OCH3 is 1. The molecule has 2 N–H and O–H groups in total. The summed E-state index contributed by atoms with van der Waals surface area (Å²) in [5.41, 5.74) is 1.76. The standard InChI is InChI=1S/C17H15BrN2O4S/c1-24-16-5-3-13(18)8-17(16)25(22,23)20-14-7-12-6-11(10-21)2-4-15(12)19-9-14/h2-9,20-21H,10H2,1H3. The predicted octanol–water partition coefficient (Wildman–Crippen LogP) is 3.30. The SMILES string of the molecule is COc1ccc(Br)cc1S(=O)(=O)Nc1cnc2ccc(CO)cc2c1. The van der Waals surface area contributed by atoms with E-state index in [-0.39, 0.29) is 17.3 Å². The summed E-state index contributed by atoms with van der Waals surface area (Å²) in [7, 11) is -2.44. The van der Waals surface area contributed by atoms with Crippen molar-refractivity contribution in [1.82, 2.24) is 4.98 Å². The van der Waals surface area contributed by atoms with Gasteiger partial charge in [-0.15, -0.1) is 0 Å². The zero-order chi connectivity index (χ0) is 18.0. The Morgan fingerprint density at radius 1 is 1.20 bits per heavy atom. The van der Waals surface area contributed by atoms with Crippen molar-refractivity contribution in [2.24, 2.45) is 0 Å². The number of nitrogens with one attached hydrogen (secondary N) is 1. The summed E-state index contributed by atoms with van der Waals surface area (Å²) in [6.45, 7) is -0.0961. The van der Waals surface area contributed by atoms with Crippen LogP contribution in [0, 0.1) is 0 Å². The lowest BCUT2D eigenvalue weighted by Crippen LogP contribution is -2.14. The van der Waals surface area contributed by atoms with E-state index in [4.69, 9.17) is 4.74 Å². The first-order valence-corrected chi connectivity index (χ1v) is 9.56. The highest BCUT2D eigenvalue weighted by molar-refractivity contribution is 9.10. The van der Waals surface area contributed by atoms with Crippen LogP contribution in [0.25, 0.3) is 10.9 Å². The summed E-state index contributed by atoms with van der Waals surface area (Å²) in [4.78, 5) is 4.27. The number of pyridine rings is 1. The average molecular weight is 423 g/mol. The van der Waals surface area contributed by atoms with E-state index >= 15 is 0 Å². The fourth-order valence-corrected chi connectivity index (χ4v) is 4.15. The van der Waals surface area contributed by atoms with Gasteiger partial charge in [-0.3, -0.25) is 9.71 Å². The third-order valence-electron chi connectivity index (χ3n) is 3.60.